The number of benzene rings is 1. The van der Waals surface area contributed by atoms with E-state index in [-0.39, 0.29) is 5.70 Å². The number of fused-ring (bicyclic) bond motifs is 1. The maximum absolute atomic E-state index is 10.6. The predicted molar refractivity (Wildman–Crippen MR) is 46.4 cm³/mol. The van der Waals surface area contributed by atoms with Crippen LogP contribution < -0.4 is 10.1 Å². The molecule has 66 valence electrons. The van der Waals surface area contributed by atoms with Crippen LogP contribution in [0.2, 0.25) is 0 Å². The molecule has 0 atom stereocenters. The van der Waals surface area contributed by atoms with Crippen LogP contribution >= 0.6 is 0 Å². The van der Waals surface area contributed by atoms with Crippen LogP contribution in [0.5, 0.6) is 5.75 Å². The molecule has 0 aliphatic carbocycles. The summed E-state index contributed by atoms with van der Waals surface area (Å²) in [5.74, 6) is -0.401. The van der Waals surface area contributed by atoms with E-state index in [1.807, 2.05) is 6.07 Å². The molecule has 0 fully saturated rings. The zero-order valence-electron chi connectivity index (χ0n) is 6.65. The molecule has 2 rings (SSSR count). The monoisotopic (exact) mass is 177 g/mol. The highest BCUT2D eigenvalue weighted by molar-refractivity contribution is 5.91. The van der Waals surface area contributed by atoms with Crippen molar-refractivity contribution >= 4 is 11.7 Å². The van der Waals surface area contributed by atoms with Gasteiger partial charge in [-0.25, -0.2) is 4.79 Å². The Balaban J connectivity index is 2.33. The summed E-state index contributed by atoms with van der Waals surface area (Å²) in [5, 5.41) is 11.4. The lowest BCUT2D eigenvalue weighted by molar-refractivity contribution is -0.132. The highest BCUT2D eigenvalue weighted by Crippen LogP contribution is 2.28. The summed E-state index contributed by atoms with van der Waals surface area (Å²) in [4.78, 5) is 10.6. The lowest BCUT2D eigenvalue weighted by Crippen LogP contribution is -2.15. The molecular weight excluding hydrogens is 170 g/mol. The van der Waals surface area contributed by atoms with Crippen LogP contribution in [-0.4, -0.2) is 11.1 Å². The first-order valence-corrected chi connectivity index (χ1v) is 3.73. The maximum Gasteiger partial charge on any atom is 0.355 e. The van der Waals surface area contributed by atoms with E-state index in [1.165, 1.54) is 6.26 Å². The van der Waals surface area contributed by atoms with Crippen molar-refractivity contribution < 1.29 is 14.6 Å². The van der Waals surface area contributed by atoms with Crippen LogP contribution in [0.4, 0.5) is 5.69 Å². The van der Waals surface area contributed by atoms with Gasteiger partial charge in [0.1, 0.15) is 12.0 Å². The molecule has 0 radical (unpaired) electrons. The van der Waals surface area contributed by atoms with Gasteiger partial charge in [0, 0.05) is 0 Å². The average molecular weight is 177 g/mol. The van der Waals surface area contributed by atoms with Gasteiger partial charge < -0.3 is 15.2 Å². The maximum atomic E-state index is 10.6. The van der Waals surface area contributed by atoms with Crippen LogP contribution in [0, 0.1) is 0 Å². The summed E-state index contributed by atoms with van der Waals surface area (Å²) in [6.07, 6.45) is 1.19. The molecule has 4 nitrogen and oxygen atoms in total. The van der Waals surface area contributed by atoms with E-state index in [4.69, 9.17) is 9.84 Å². The number of hydrogen-bond donors (Lipinski definition) is 2. The Morgan fingerprint density at radius 3 is 2.92 bits per heavy atom. The lowest BCUT2D eigenvalue weighted by atomic mass is 10.2. The Morgan fingerprint density at radius 1 is 1.38 bits per heavy atom. The third-order valence-electron chi connectivity index (χ3n) is 1.69. The van der Waals surface area contributed by atoms with Crippen molar-refractivity contribution in [3.05, 3.63) is 36.2 Å². The van der Waals surface area contributed by atoms with Crippen LogP contribution in [0.1, 0.15) is 0 Å². The normalized spacial score (nSPS) is 13.4. The van der Waals surface area contributed by atoms with E-state index in [1.54, 1.807) is 18.2 Å². The molecule has 0 aromatic heterocycles. The summed E-state index contributed by atoms with van der Waals surface area (Å²) in [6.45, 7) is 0. The second kappa shape index (κ2) is 2.82. The molecule has 4 heteroatoms. The van der Waals surface area contributed by atoms with Crippen molar-refractivity contribution in [2.45, 2.75) is 0 Å². The van der Waals surface area contributed by atoms with Gasteiger partial charge in [0.05, 0.1) is 5.69 Å². The number of rotatable bonds is 1. The number of para-hydroxylation sites is 2. The zero-order chi connectivity index (χ0) is 9.26. The molecule has 0 bridgehead atoms. The highest BCUT2D eigenvalue weighted by Gasteiger charge is 2.15. The Labute approximate surface area is 74.4 Å². The summed E-state index contributed by atoms with van der Waals surface area (Å²) in [7, 11) is 0. The summed E-state index contributed by atoms with van der Waals surface area (Å²) in [6, 6.07) is 7.14. The minimum atomic E-state index is -1.03. The fraction of sp³-hybridized carbons (Fsp3) is 0. The Morgan fingerprint density at radius 2 is 2.15 bits per heavy atom. The van der Waals surface area contributed by atoms with E-state index >= 15 is 0 Å². The second-order valence-electron chi connectivity index (χ2n) is 2.58. The summed E-state index contributed by atoms with van der Waals surface area (Å²) in [5.41, 5.74) is 0.709. The van der Waals surface area contributed by atoms with Crippen molar-refractivity contribution in [3.63, 3.8) is 0 Å². The van der Waals surface area contributed by atoms with Crippen LogP contribution in [-0.2, 0) is 4.79 Å². The summed E-state index contributed by atoms with van der Waals surface area (Å²) < 4.78 is 5.09. The Hall–Kier alpha value is -1.97. The molecule has 2 N–H and O–H groups in total. The van der Waals surface area contributed by atoms with Gasteiger partial charge in [0.25, 0.3) is 0 Å². The highest BCUT2D eigenvalue weighted by atomic mass is 16.5. The molecule has 13 heavy (non-hydrogen) atoms. The number of ether oxygens (including phenoxy) is 1. The van der Waals surface area contributed by atoms with E-state index in [2.05, 4.69) is 5.32 Å². The molecule has 0 saturated heterocycles. The number of carboxylic acid groups (broad SMARTS) is 1. The second-order valence-corrected chi connectivity index (χ2v) is 2.58. The fourth-order valence-corrected chi connectivity index (χ4v) is 1.07. The minimum absolute atomic E-state index is 0.0405. The van der Waals surface area contributed by atoms with Gasteiger partial charge >= 0.3 is 5.97 Å². The van der Waals surface area contributed by atoms with E-state index in [0.29, 0.717) is 11.4 Å². The molecule has 0 saturated carbocycles. The van der Waals surface area contributed by atoms with Crippen LogP contribution in [0.25, 0.3) is 0 Å². The number of nitrogens with one attached hydrogen (secondary N) is 1. The smallest absolute Gasteiger partial charge is 0.355 e. The standard InChI is InChI=1S/C9H7NO3/c11-9(12)7-5-13-8-4-2-1-3-6(8)10-7/h1-5,10H,(H,11,12). The zero-order valence-corrected chi connectivity index (χ0v) is 6.65. The fourth-order valence-electron chi connectivity index (χ4n) is 1.07. The first-order chi connectivity index (χ1) is 6.27. The number of carbonyl (C=O) groups is 1. The van der Waals surface area contributed by atoms with Gasteiger partial charge in [-0.1, -0.05) is 12.1 Å². The molecular formula is C9H7NO3. The van der Waals surface area contributed by atoms with Crippen LogP contribution in [0.15, 0.2) is 36.2 Å². The number of carboxylic acids is 1. The molecule has 1 aromatic carbocycles. The largest absolute Gasteiger partial charge is 0.476 e. The van der Waals surface area contributed by atoms with Gasteiger partial charge in [0.15, 0.2) is 5.70 Å². The van der Waals surface area contributed by atoms with Crippen molar-refractivity contribution in [2.24, 2.45) is 0 Å². The van der Waals surface area contributed by atoms with Gasteiger partial charge in [-0.2, -0.15) is 0 Å². The molecule has 0 amide bonds. The lowest BCUT2D eigenvalue weighted by Gasteiger charge is -2.16. The van der Waals surface area contributed by atoms with Crippen molar-refractivity contribution in [2.75, 3.05) is 5.32 Å². The van der Waals surface area contributed by atoms with Crippen molar-refractivity contribution in [1.82, 2.24) is 0 Å². The quantitative estimate of drug-likeness (QED) is 0.681. The molecule has 0 unspecified atom stereocenters. The molecule has 1 heterocycles. The van der Waals surface area contributed by atoms with E-state index < -0.39 is 5.97 Å². The predicted octanol–water partition coefficient (Wildman–Crippen LogP) is 1.42. The van der Waals surface area contributed by atoms with Gasteiger partial charge in [-0.15, -0.1) is 0 Å². The molecule has 1 aromatic rings. The first-order valence-electron chi connectivity index (χ1n) is 3.73. The third kappa shape index (κ3) is 1.33. The van der Waals surface area contributed by atoms with E-state index in [0.717, 1.165) is 0 Å². The summed E-state index contributed by atoms with van der Waals surface area (Å²) >= 11 is 0. The van der Waals surface area contributed by atoms with Gasteiger partial charge in [-0.05, 0) is 12.1 Å². The first kappa shape index (κ1) is 7.67. The molecule has 0 spiro atoms. The third-order valence-corrected chi connectivity index (χ3v) is 1.69. The van der Waals surface area contributed by atoms with Crippen LogP contribution in [0.3, 0.4) is 0 Å². The average Bonchev–Trinajstić information content (AvgIpc) is 2.17. The number of anilines is 1. The minimum Gasteiger partial charge on any atom is -0.476 e. The van der Waals surface area contributed by atoms with Crippen molar-refractivity contribution in [1.29, 1.82) is 0 Å². The Kier molecular flexibility index (Phi) is 1.66. The van der Waals surface area contributed by atoms with Gasteiger partial charge in [0.2, 0.25) is 0 Å². The molecule has 1 aliphatic heterocycles. The number of aliphatic carboxylic acids is 1. The molecule has 1 aliphatic rings. The van der Waals surface area contributed by atoms with Crippen molar-refractivity contribution in [3.8, 4) is 5.75 Å². The SMILES string of the molecule is O=C(O)C1=COc2ccccc2N1. The number of hydrogen-bond acceptors (Lipinski definition) is 3. The topological polar surface area (TPSA) is 58.6 Å². The van der Waals surface area contributed by atoms with E-state index in [9.17, 15) is 4.79 Å². The Bertz CT molecular complexity index is 384. The van der Waals surface area contributed by atoms with Gasteiger partial charge in [-0.3, -0.25) is 0 Å².